The SMILES string of the molecule is Cc1cccc(NC(=O)c2cccc(/C=C/C(=O)Nc3nc4ccc(OC(F)(F)F)cc4s3)c2)c1. The first-order chi connectivity index (χ1) is 16.6. The molecule has 6 nitrogen and oxygen atoms in total. The van der Waals surface area contributed by atoms with E-state index in [2.05, 4.69) is 20.4 Å². The summed E-state index contributed by atoms with van der Waals surface area (Å²) in [5.41, 5.74) is 3.19. The van der Waals surface area contributed by atoms with Gasteiger partial charge in [0.05, 0.1) is 10.2 Å². The molecule has 0 unspecified atom stereocenters. The monoisotopic (exact) mass is 497 g/mol. The molecule has 4 rings (SSSR count). The fraction of sp³-hybridized carbons (Fsp3) is 0.0800. The second kappa shape index (κ2) is 9.98. The van der Waals surface area contributed by atoms with Crippen LogP contribution in [-0.2, 0) is 4.79 Å². The van der Waals surface area contributed by atoms with Crippen LogP contribution in [0.4, 0.5) is 24.0 Å². The van der Waals surface area contributed by atoms with Crippen LogP contribution in [0.2, 0.25) is 0 Å². The third kappa shape index (κ3) is 6.67. The Kier molecular flexibility index (Phi) is 6.83. The number of carbonyl (C=O) groups is 2. The van der Waals surface area contributed by atoms with E-state index < -0.39 is 12.3 Å². The second-order valence-electron chi connectivity index (χ2n) is 7.47. The van der Waals surface area contributed by atoms with Crippen molar-refractivity contribution in [2.45, 2.75) is 13.3 Å². The zero-order chi connectivity index (χ0) is 25.0. The Balaban J connectivity index is 1.40. The van der Waals surface area contributed by atoms with Gasteiger partial charge in [-0.15, -0.1) is 13.2 Å². The third-order valence-corrected chi connectivity index (χ3v) is 5.61. The summed E-state index contributed by atoms with van der Waals surface area (Å²) in [4.78, 5) is 29.1. The van der Waals surface area contributed by atoms with Gasteiger partial charge in [0, 0.05) is 23.4 Å². The molecule has 0 aliphatic carbocycles. The van der Waals surface area contributed by atoms with E-state index in [9.17, 15) is 22.8 Å². The van der Waals surface area contributed by atoms with Crippen molar-refractivity contribution in [3.05, 3.63) is 89.5 Å². The highest BCUT2D eigenvalue weighted by Crippen LogP contribution is 2.31. The lowest BCUT2D eigenvalue weighted by molar-refractivity contribution is -0.274. The number of carbonyl (C=O) groups excluding carboxylic acids is 2. The molecule has 10 heteroatoms. The quantitative estimate of drug-likeness (QED) is 0.302. The fourth-order valence-electron chi connectivity index (χ4n) is 3.18. The molecule has 0 atom stereocenters. The highest BCUT2D eigenvalue weighted by Gasteiger charge is 2.31. The molecule has 0 fully saturated rings. The Morgan fingerprint density at radius 3 is 2.57 bits per heavy atom. The molecule has 0 saturated heterocycles. The van der Waals surface area contributed by atoms with E-state index in [1.165, 1.54) is 18.2 Å². The van der Waals surface area contributed by atoms with Crippen LogP contribution in [0.5, 0.6) is 5.75 Å². The van der Waals surface area contributed by atoms with Crippen LogP contribution >= 0.6 is 11.3 Å². The number of alkyl halides is 3. The number of hydrogen-bond acceptors (Lipinski definition) is 5. The summed E-state index contributed by atoms with van der Waals surface area (Å²) >= 11 is 1.02. The van der Waals surface area contributed by atoms with Gasteiger partial charge in [-0.2, -0.15) is 0 Å². The van der Waals surface area contributed by atoms with Crippen LogP contribution in [0.25, 0.3) is 16.3 Å². The van der Waals surface area contributed by atoms with Gasteiger partial charge in [0.1, 0.15) is 5.75 Å². The molecule has 2 N–H and O–H groups in total. The van der Waals surface area contributed by atoms with Gasteiger partial charge >= 0.3 is 6.36 Å². The third-order valence-electron chi connectivity index (χ3n) is 4.68. The summed E-state index contributed by atoms with van der Waals surface area (Å²) in [6.45, 7) is 1.93. The van der Waals surface area contributed by atoms with Gasteiger partial charge in [-0.3, -0.25) is 14.9 Å². The lowest BCUT2D eigenvalue weighted by Crippen LogP contribution is -2.16. The molecule has 35 heavy (non-hydrogen) atoms. The predicted molar refractivity (Wildman–Crippen MR) is 130 cm³/mol. The van der Waals surface area contributed by atoms with E-state index in [1.54, 1.807) is 36.4 Å². The Hall–Kier alpha value is -4.18. The van der Waals surface area contributed by atoms with Crippen molar-refractivity contribution in [3.8, 4) is 5.75 Å². The maximum atomic E-state index is 12.6. The average molecular weight is 497 g/mol. The van der Waals surface area contributed by atoms with E-state index in [4.69, 9.17) is 0 Å². The number of anilines is 2. The first-order valence-corrected chi connectivity index (χ1v) is 11.1. The Morgan fingerprint density at radius 2 is 1.80 bits per heavy atom. The largest absolute Gasteiger partial charge is 0.573 e. The maximum Gasteiger partial charge on any atom is 0.573 e. The molecule has 0 spiro atoms. The number of fused-ring (bicyclic) bond motifs is 1. The van der Waals surface area contributed by atoms with E-state index in [0.29, 0.717) is 27.0 Å². The number of halogens is 3. The fourth-order valence-corrected chi connectivity index (χ4v) is 4.08. The van der Waals surface area contributed by atoms with Gasteiger partial charge in [-0.25, -0.2) is 4.98 Å². The normalized spacial score (nSPS) is 11.5. The van der Waals surface area contributed by atoms with Crippen molar-refractivity contribution in [3.63, 3.8) is 0 Å². The topological polar surface area (TPSA) is 80.3 Å². The minimum Gasteiger partial charge on any atom is -0.406 e. The highest BCUT2D eigenvalue weighted by molar-refractivity contribution is 7.22. The van der Waals surface area contributed by atoms with Crippen LogP contribution in [0, 0.1) is 6.92 Å². The minimum atomic E-state index is -4.79. The molecule has 1 aromatic heterocycles. The first kappa shape index (κ1) is 24.0. The van der Waals surface area contributed by atoms with E-state index in [1.807, 2.05) is 25.1 Å². The molecule has 0 bridgehead atoms. The second-order valence-corrected chi connectivity index (χ2v) is 8.50. The number of ether oxygens (including phenoxy) is 1. The van der Waals surface area contributed by atoms with Gasteiger partial charge in [-0.05, 0) is 60.5 Å². The number of aryl methyl sites for hydroxylation is 1. The standard InChI is InChI=1S/C25H18F3N3O3S/c1-15-4-2-7-18(12-15)29-23(33)17-6-3-5-16(13-17)8-11-22(32)31-24-30-20-10-9-19(14-21(20)35-24)34-25(26,27)28/h2-14H,1H3,(H,29,33)(H,30,31,32)/b11-8+. The molecule has 178 valence electrons. The highest BCUT2D eigenvalue weighted by atomic mass is 32.1. The van der Waals surface area contributed by atoms with Gasteiger partial charge in [0.2, 0.25) is 5.91 Å². The number of nitrogens with zero attached hydrogens (tertiary/aromatic N) is 1. The summed E-state index contributed by atoms with van der Waals surface area (Å²) in [6, 6.07) is 17.9. The molecule has 1 heterocycles. The van der Waals surface area contributed by atoms with E-state index >= 15 is 0 Å². The Labute approximate surface area is 202 Å². The van der Waals surface area contributed by atoms with Crippen LogP contribution < -0.4 is 15.4 Å². The minimum absolute atomic E-state index is 0.227. The van der Waals surface area contributed by atoms with Gasteiger partial charge < -0.3 is 10.1 Å². The molecule has 3 aromatic carbocycles. The van der Waals surface area contributed by atoms with Gasteiger partial charge in [-0.1, -0.05) is 35.6 Å². The maximum absolute atomic E-state index is 12.6. The number of rotatable bonds is 6. The zero-order valence-electron chi connectivity index (χ0n) is 18.2. The van der Waals surface area contributed by atoms with Crippen molar-refractivity contribution in [1.82, 2.24) is 4.98 Å². The Bertz CT molecular complexity index is 1430. The summed E-state index contributed by atoms with van der Waals surface area (Å²) < 4.78 is 41.5. The molecule has 2 amide bonds. The van der Waals surface area contributed by atoms with Crippen molar-refractivity contribution in [2.24, 2.45) is 0 Å². The number of amides is 2. The molecule has 0 radical (unpaired) electrons. The molecular weight excluding hydrogens is 479 g/mol. The van der Waals surface area contributed by atoms with Crippen molar-refractivity contribution < 1.29 is 27.5 Å². The zero-order valence-corrected chi connectivity index (χ0v) is 19.0. The van der Waals surface area contributed by atoms with Gasteiger partial charge in [0.15, 0.2) is 5.13 Å². The molecule has 4 aromatic rings. The average Bonchev–Trinajstić information content (AvgIpc) is 3.18. The predicted octanol–water partition coefficient (Wildman–Crippen LogP) is 6.41. The lowest BCUT2D eigenvalue weighted by Gasteiger charge is -2.07. The molecule has 0 aliphatic rings. The number of hydrogen-bond donors (Lipinski definition) is 2. The van der Waals surface area contributed by atoms with Crippen molar-refractivity contribution in [1.29, 1.82) is 0 Å². The summed E-state index contributed by atoms with van der Waals surface area (Å²) in [5.74, 6) is -1.12. The lowest BCUT2D eigenvalue weighted by atomic mass is 10.1. The summed E-state index contributed by atoms with van der Waals surface area (Å²) in [7, 11) is 0. The summed E-state index contributed by atoms with van der Waals surface area (Å²) in [6.07, 6.45) is -1.97. The van der Waals surface area contributed by atoms with Crippen LogP contribution in [0.1, 0.15) is 21.5 Å². The van der Waals surface area contributed by atoms with E-state index in [-0.39, 0.29) is 16.8 Å². The van der Waals surface area contributed by atoms with Crippen molar-refractivity contribution >= 4 is 50.3 Å². The van der Waals surface area contributed by atoms with E-state index in [0.717, 1.165) is 23.0 Å². The van der Waals surface area contributed by atoms with Crippen LogP contribution in [-0.4, -0.2) is 23.2 Å². The Morgan fingerprint density at radius 1 is 1.00 bits per heavy atom. The first-order valence-electron chi connectivity index (χ1n) is 10.3. The number of thiazole rings is 1. The molecular formula is C25H18F3N3O3S. The van der Waals surface area contributed by atoms with Crippen molar-refractivity contribution in [2.75, 3.05) is 10.6 Å². The van der Waals surface area contributed by atoms with Crippen LogP contribution in [0.3, 0.4) is 0 Å². The molecule has 0 saturated carbocycles. The van der Waals surface area contributed by atoms with Gasteiger partial charge in [0.25, 0.3) is 5.91 Å². The number of benzene rings is 3. The number of nitrogens with one attached hydrogen (secondary N) is 2. The summed E-state index contributed by atoms with van der Waals surface area (Å²) in [5, 5.41) is 5.64. The number of aromatic nitrogens is 1. The molecule has 0 aliphatic heterocycles. The van der Waals surface area contributed by atoms with Crippen LogP contribution in [0.15, 0.2) is 72.8 Å². The smallest absolute Gasteiger partial charge is 0.406 e.